The zero-order valence-electron chi connectivity index (χ0n) is 16.5. The second-order valence-corrected chi connectivity index (χ2v) is 7.14. The van der Waals surface area contributed by atoms with Gasteiger partial charge in [-0.2, -0.15) is 13.2 Å². The second kappa shape index (κ2) is 7.79. The number of carbonyl (C=O) groups is 2. The Bertz CT molecular complexity index is 1170. The molecule has 0 unspecified atom stereocenters. The lowest BCUT2D eigenvalue weighted by Gasteiger charge is -2.32. The van der Waals surface area contributed by atoms with Crippen molar-refractivity contribution in [1.29, 1.82) is 0 Å². The Hall–Kier alpha value is -3.81. The molecular weight excluding hydrogens is 407 g/mol. The zero-order valence-corrected chi connectivity index (χ0v) is 16.5. The van der Waals surface area contributed by atoms with Crippen LogP contribution >= 0.6 is 0 Å². The number of para-hydroxylation sites is 1. The molecule has 0 saturated heterocycles. The van der Waals surface area contributed by atoms with Crippen LogP contribution in [0.3, 0.4) is 0 Å². The Kier molecular flexibility index (Phi) is 5.14. The first-order valence-corrected chi connectivity index (χ1v) is 9.48. The van der Waals surface area contributed by atoms with Gasteiger partial charge in [0.1, 0.15) is 0 Å². The number of alkyl halides is 3. The number of halogens is 3. The molecule has 1 aliphatic heterocycles. The number of nitrogens with zero attached hydrogens (tertiary/aromatic N) is 1. The molecule has 158 valence electrons. The van der Waals surface area contributed by atoms with Gasteiger partial charge in [-0.1, -0.05) is 24.3 Å². The highest BCUT2D eigenvalue weighted by Gasteiger charge is 2.31. The summed E-state index contributed by atoms with van der Waals surface area (Å²) < 4.78 is 38.8. The van der Waals surface area contributed by atoms with E-state index in [9.17, 15) is 22.8 Å². The van der Waals surface area contributed by atoms with Crippen molar-refractivity contribution in [2.75, 3.05) is 16.9 Å². The summed E-state index contributed by atoms with van der Waals surface area (Å²) in [7, 11) is 0. The first kappa shape index (κ1) is 20.5. The number of benzene rings is 3. The maximum Gasteiger partial charge on any atom is 0.416 e. The van der Waals surface area contributed by atoms with Gasteiger partial charge in [0.15, 0.2) is 0 Å². The largest absolute Gasteiger partial charge is 0.416 e. The van der Waals surface area contributed by atoms with E-state index in [2.05, 4.69) is 10.6 Å². The number of fused-ring (bicyclic) bond motifs is 1. The number of hydrogen-bond acceptors (Lipinski definition) is 3. The average molecular weight is 425 g/mol. The molecule has 5 nitrogen and oxygen atoms in total. The summed E-state index contributed by atoms with van der Waals surface area (Å²) in [6, 6.07) is 16.7. The molecule has 0 atom stereocenters. The summed E-state index contributed by atoms with van der Waals surface area (Å²) in [4.78, 5) is 26.6. The van der Waals surface area contributed by atoms with Gasteiger partial charge >= 0.3 is 6.18 Å². The number of nitrogens with one attached hydrogen (secondary N) is 2. The summed E-state index contributed by atoms with van der Waals surface area (Å²) in [5.41, 5.74) is 2.38. The quantitative estimate of drug-likeness (QED) is 0.614. The van der Waals surface area contributed by atoms with E-state index in [1.807, 2.05) is 24.0 Å². The monoisotopic (exact) mass is 425 g/mol. The summed E-state index contributed by atoms with van der Waals surface area (Å²) >= 11 is 0. The summed E-state index contributed by atoms with van der Waals surface area (Å²) in [5, 5.41) is 5.47. The van der Waals surface area contributed by atoms with Crippen LogP contribution in [0, 0.1) is 6.92 Å². The van der Waals surface area contributed by atoms with Gasteiger partial charge in [0, 0.05) is 16.9 Å². The van der Waals surface area contributed by atoms with Crippen LogP contribution in [0.4, 0.5) is 30.2 Å². The van der Waals surface area contributed by atoms with Gasteiger partial charge in [0.2, 0.25) is 0 Å². The van der Waals surface area contributed by atoms with Crippen molar-refractivity contribution in [2.24, 2.45) is 0 Å². The van der Waals surface area contributed by atoms with E-state index in [0.717, 1.165) is 29.1 Å². The summed E-state index contributed by atoms with van der Waals surface area (Å²) in [5.74, 6) is -0.813. The molecule has 31 heavy (non-hydrogen) atoms. The highest BCUT2D eigenvalue weighted by molar-refractivity contribution is 6.05. The summed E-state index contributed by atoms with van der Waals surface area (Å²) in [6.07, 6.45) is -4.53. The molecule has 8 heteroatoms. The van der Waals surface area contributed by atoms with Gasteiger partial charge in [-0.15, -0.1) is 0 Å². The molecule has 0 aromatic heterocycles. The molecular formula is C23H18F3N3O2. The summed E-state index contributed by atoms with van der Waals surface area (Å²) in [6.45, 7) is 2.15. The normalized spacial score (nSPS) is 13.4. The lowest BCUT2D eigenvalue weighted by molar-refractivity contribution is -0.137. The standard InChI is InChI=1S/C23H18F3N3O2/c1-14-9-10-17(28-21(30)15-5-4-6-16(11-15)23(24,25)26)12-20(14)29-13-27-22(31)18-7-2-3-8-19(18)29/h2-12H,13H2,1H3,(H,27,31)(H,28,30). The van der Waals surface area contributed by atoms with Crippen molar-refractivity contribution < 1.29 is 22.8 Å². The fourth-order valence-corrected chi connectivity index (χ4v) is 3.47. The molecule has 1 heterocycles. The van der Waals surface area contributed by atoms with Crippen LogP contribution in [0.2, 0.25) is 0 Å². The highest BCUT2D eigenvalue weighted by Crippen LogP contribution is 2.34. The minimum Gasteiger partial charge on any atom is -0.334 e. The molecule has 0 saturated carbocycles. The van der Waals surface area contributed by atoms with Crippen molar-refractivity contribution in [2.45, 2.75) is 13.1 Å². The SMILES string of the molecule is Cc1ccc(NC(=O)c2cccc(C(F)(F)F)c2)cc1N1CNC(=O)c2ccccc21. The van der Waals surface area contributed by atoms with Gasteiger partial charge in [0.05, 0.1) is 23.5 Å². The predicted octanol–water partition coefficient (Wildman–Crippen LogP) is 5.11. The van der Waals surface area contributed by atoms with E-state index in [4.69, 9.17) is 0 Å². The maximum absolute atomic E-state index is 12.9. The molecule has 3 aromatic rings. The molecule has 2 amide bonds. The topological polar surface area (TPSA) is 61.4 Å². The molecule has 2 N–H and O–H groups in total. The third kappa shape index (κ3) is 4.09. The lowest BCUT2D eigenvalue weighted by atomic mass is 10.1. The van der Waals surface area contributed by atoms with Gasteiger partial charge in [0.25, 0.3) is 11.8 Å². The van der Waals surface area contributed by atoms with Crippen LogP contribution in [-0.4, -0.2) is 18.5 Å². The van der Waals surface area contributed by atoms with E-state index in [1.54, 1.807) is 30.3 Å². The van der Waals surface area contributed by atoms with Crippen LogP contribution < -0.4 is 15.5 Å². The van der Waals surface area contributed by atoms with E-state index < -0.39 is 17.6 Å². The third-order valence-corrected chi connectivity index (χ3v) is 5.05. The Morgan fingerprint density at radius 3 is 2.55 bits per heavy atom. The number of hydrogen-bond donors (Lipinski definition) is 2. The van der Waals surface area contributed by atoms with Crippen LogP contribution in [-0.2, 0) is 6.18 Å². The van der Waals surface area contributed by atoms with E-state index in [-0.39, 0.29) is 18.1 Å². The van der Waals surface area contributed by atoms with Crippen molar-refractivity contribution in [3.05, 3.63) is 89.0 Å². The zero-order chi connectivity index (χ0) is 22.2. The Morgan fingerprint density at radius 1 is 1.00 bits per heavy atom. The minimum absolute atomic E-state index is 0.0902. The highest BCUT2D eigenvalue weighted by atomic mass is 19.4. The van der Waals surface area contributed by atoms with Crippen molar-refractivity contribution >= 4 is 28.9 Å². The first-order chi connectivity index (χ1) is 14.7. The van der Waals surface area contributed by atoms with Gasteiger partial charge in [-0.25, -0.2) is 0 Å². The maximum atomic E-state index is 12.9. The van der Waals surface area contributed by atoms with Crippen LogP contribution in [0.1, 0.15) is 31.8 Å². The predicted molar refractivity (Wildman–Crippen MR) is 111 cm³/mol. The number of amides is 2. The van der Waals surface area contributed by atoms with Gasteiger partial charge in [-0.3, -0.25) is 9.59 Å². The fourth-order valence-electron chi connectivity index (χ4n) is 3.47. The average Bonchev–Trinajstić information content (AvgIpc) is 2.75. The van der Waals surface area contributed by atoms with Crippen molar-refractivity contribution in [1.82, 2.24) is 5.32 Å². The Labute approximate surface area is 176 Å². The van der Waals surface area contributed by atoms with Gasteiger partial charge in [-0.05, 0) is 55.0 Å². The molecule has 0 bridgehead atoms. The molecule has 4 rings (SSSR count). The minimum atomic E-state index is -4.53. The molecule has 0 radical (unpaired) electrons. The number of aryl methyl sites for hydroxylation is 1. The van der Waals surface area contributed by atoms with Gasteiger partial charge < -0.3 is 15.5 Å². The molecule has 0 spiro atoms. The third-order valence-electron chi connectivity index (χ3n) is 5.05. The van der Waals surface area contributed by atoms with E-state index in [1.165, 1.54) is 12.1 Å². The number of rotatable bonds is 3. The number of anilines is 3. The van der Waals surface area contributed by atoms with Crippen molar-refractivity contribution in [3.8, 4) is 0 Å². The van der Waals surface area contributed by atoms with Crippen LogP contribution in [0.15, 0.2) is 66.7 Å². The molecule has 0 aliphatic carbocycles. The Balaban J connectivity index is 1.63. The Morgan fingerprint density at radius 2 is 1.77 bits per heavy atom. The molecule has 0 fully saturated rings. The second-order valence-electron chi connectivity index (χ2n) is 7.14. The molecule has 1 aliphatic rings. The first-order valence-electron chi connectivity index (χ1n) is 9.48. The van der Waals surface area contributed by atoms with Crippen LogP contribution in [0.5, 0.6) is 0 Å². The van der Waals surface area contributed by atoms with E-state index in [0.29, 0.717) is 11.3 Å². The van der Waals surface area contributed by atoms with Crippen LogP contribution in [0.25, 0.3) is 0 Å². The number of carbonyl (C=O) groups excluding carboxylic acids is 2. The van der Waals surface area contributed by atoms with E-state index >= 15 is 0 Å². The van der Waals surface area contributed by atoms with Crippen molar-refractivity contribution in [3.63, 3.8) is 0 Å². The lowest BCUT2D eigenvalue weighted by Crippen LogP contribution is -2.41. The molecule has 3 aromatic carbocycles. The smallest absolute Gasteiger partial charge is 0.334 e. The fraction of sp³-hybridized carbons (Fsp3) is 0.130.